The van der Waals surface area contributed by atoms with Crippen LogP contribution in [0.15, 0.2) is 29.1 Å². The summed E-state index contributed by atoms with van der Waals surface area (Å²) in [4.78, 5) is 12.5. The molecule has 0 aliphatic heterocycles. The van der Waals surface area contributed by atoms with Crippen molar-refractivity contribution in [3.05, 3.63) is 40.2 Å². The fourth-order valence-electron chi connectivity index (χ4n) is 3.71. The third-order valence-corrected chi connectivity index (χ3v) is 5.18. The zero-order valence-corrected chi connectivity index (χ0v) is 16.1. The van der Waals surface area contributed by atoms with Crippen LogP contribution in [0.5, 0.6) is 11.5 Å². The zero-order valence-electron chi connectivity index (χ0n) is 16.1. The Morgan fingerprint density at radius 1 is 1.07 bits per heavy atom. The van der Waals surface area contributed by atoms with Crippen molar-refractivity contribution in [2.45, 2.75) is 12.6 Å². The number of rotatable bonds is 8. The number of pyridine rings is 1. The molecule has 2 heterocycles. The molecule has 0 aliphatic carbocycles. The molecule has 0 radical (unpaired) electrons. The summed E-state index contributed by atoms with van der Waals surface area (Å²) in [6, 6.07) is 5.54. The first-order valence-electron chi connectivity index (χ1n) is 9.55. The number of phenolic OH excluding ortho intramolecular Hbond substituents is 1. The van der Waals surface area contributed by atoms with Crippen molar-refractivity contribution in [2.24, 2.45) is 5.73 Å². The maximum absolute atomic E-state index is 12.5. The van der Waals surface area contributed by atoms with Crippen molar-refractivity contribution in [3.63, 3.8) is 0 Å². The molecule has 0 aliphatic rings. The van der Waals surface area contributed by atoms with Gasteiger partial charge in [0.05, 0.1) is 41.2 Å². The molecule has 4 rings (SSSR count). The number of aromatic hydroxyl groups is 2. The maximum atomic E-state index is 12.5. The van der Waals surface area contributed by atoms with Gasteiger partial charge in [-0.3, -0.25) is 4.79 Å². The highest BCUT2D eigenvalue weighted by molar-refractivity contribution is 6.14. The van der Waals surface area contributed by atoms with E-state index < -0.39 is 11.5 Å². The molecule has 10 heteroatoms. The van der Waals surface area contributed by atoms with Crippen LogP contribution in [-0.2, 0) is 6.54 Å². The largest absolute Gasteiger partial charge is 0.506 e. The van der Waals surface area contributed by atoms with Gasteiger partial charge in [-0.1, -0.05) is 0 Å². The topological polar surface area (TPSA) is 165 Å². The number of nitrogens with one attached hydrogen (secondary N) is 2. The number of aromatic nitrogens is 2. The van der Waals surface area contributed by atoms with Crippen LogP contribution >= 0.6 is 0 Å². The molecule has 0 saturated carbocycles. The first kappa shape index (κ1) is 20.1. The molecular weight excluding hydrogens is 390 g/mol. The van der Waals surface area contributed by atoms with E-state index >= 15 is 0 Å². The number of nitrogens with two attached hydrogens (primary N) is 1. The van der Waals surface area contributed by atoms with Crippen molar-refractivity contribution in [2.75, 3.05) is 31.6 Å². The van der Waals surface area contributed by atoms with Crippen LogP contribution in [0.2, 0.25) is 0 Å². The number of aliphatic hydroxyl groups is 2. The van der Waals surface area contributed by atoms with E-state index in [1.165, 1.54) is 16.6 Å². The van der Waals surface area contributed by atoms with Crippen LogP contribution in [0.25, 0.3) is 27.2 Å². The zero-order chi connectivity index (χ0) is 21.4. The fraction of sp³-hybridized carbons (Fsp3) is 0.300. The Labute approximate surface area is 170 Å². The summed E-state index contributed by atoms with van der Waals surface area (Å²) in [5, 5.41) is 51.9. The Morgan fingerprint density at radius 3 is 2.53 bits per heavy atom. The SMILES string of the molecule is NCCNc1ccc2c(CNC(CO)CO)nn3c4c(O)ccc(=O)c4c(O)c1c23. The van der Waals surface area contributed by atoms with Gasteiger partial charge in [0.2, 0.25) is 0 Å². The molecule has 0 atom stereocenters. The third kappa shape index (κ3) is 3.06. The minimum atomic E-state index is -0.519. The van der Waals surface area contributed by atoms with Gasteiger partial charge in [0.1, 0.15) is 17.0 Å². The van der Waals surface area contributed by atoms with Gasteiger partial charge in [0, 0.05) is 30.7 Å². The lowest BCUT2D eigenvalue weighted by molar-refractivity contribution is 0.170. The monoisotopic (exact) mass is 413 g/mol. The van der Waals surface area contributed by atoms with Crippen LogP contribution in [0.3, 0.4) is 0 Å². The summed E-state index contributed by atoms with van der Waals surface area (Å²) >= 11 is 0. The van der Waals surface area contributed by atoms with Crippen molar-refractivity contribution in [1.29, 1.82) is 0 Å². The van der Waals surface area contributed by atoms with E-state index in [4.69, 9.17) is 5.73 Å². The second-order valence-corrected chi connectivity index (χ2v) is 7.06. The average molecular weight is 413 g/mol. The van der Waals surface area contributed by atoms with E-state index in [2.05, 4.69) is 15.7 Å². The molecule has 0 bridgehead atoms. The highest BCUT2D eigenvalue weighted by Gasteiger charge is 2.23. The lowest BCUT2D eigenvalue weighted by Gasteiger charge is -2.14. The van der Waals surface area contributed by atoms with Gasteiger partial charge in [0.15, 0.2) is 5.43 Å². The Kier molecular flexibility index (Phi) is 5.31. The van der Waals surface area contributed by atoms with Gasteiger partial charge in [-0.05, 0) is 24.3 Å². The van der Waals surface area contributed by atoms with Gasteiger partial charge < -0.3 is 36.8 Å². The van der Waals surface area contributed by atoms with E-state index in [-0.39, 0.29) is 42.2 Å². The van der Waals surface area contributed by atoms with Crippen molar-refractivity contribution in [1.82, 2.24) is 14.9 Å². The number of nitrogens with zero attached hydrogens (tertiary/aromatic N) is 2. The van der Waals surface area contributed by atoms with Gasteiger partial charge in [-0.2, -0.15) is 5.10 Å². The number of benzene rings is 2. The molecule has 0 fully saturated rings. The summed E-state index contributed by atoms with van der Waals surface area (Å²) < 4.78 is 1.45. The van der Waals surface area contributed by atoms with Crippen LogP contribution < -0.4 is 21.8 Å². The summed E-state index contributed by atoms with van der Waals surface area (Å²) in [5.74, 6) is -0.429. The normalized spacial score (nSPS) is 12.0. The number of fused-ring (bicyclic) bond motifs is 2. The molecule has 2 aromatic heterocycles. The Hall–Kier alpha value is -3.18. The Balaban J connectivity index is 2.05. The molecule has 30 heavy (non-hydrogen) atoms. The number of hydrogen-bond acceptors (Lipinski definition) is 9. The molecule has 0 amide bonds. The molecule has 4 aromatic rings. The highest BCUT2D eigenvalue weighted by Crippen LogP contribution is 2.42. The van der Waals surface area contributed by atoms with E-state index in [0.29, 0.717) is 40.8 Å². The number of phenols is 1. The molecule has 0 saturated heterocycles. The summed E-state index contributed by atoms with van der Waals surface area (Å²) in [6.45, 7) is 0.565. The van der Waals surface area contributed by atoms with Crippen LogP contribution in [0, 0.1) is 0 Å². The van der Waals surface area contributed by atoms with E-state index in [9.17, 15) is 25.2 Å². The van der Waals surface area contributed by atoms with Gasteiger partial charge >= 0.3 is 0 Å². The Bertz CT molecular complexity index is 1270. The fourth-order valence-corrected chi connectivity index (χ4v) is 3.71. The van der Waals surface area contributed by atoms with E-state index in [1.54, 1.807) is 6.07 Å². The number of aliphatic hydroxyl groups excluding tert-OH is 2. The molecule has 158 valence electrons. The summed E-state index contributed by atoms with van der Waals surface area (Å²) in [5.41, 5.74) is 6.95. The average Bonchev–Trinajstić information content (AvgIpc) is 3.12. The second kappa shape index (κ2) is 7.92. The van der Waals surface area contributed by atoms with Crippen LogP contribution in [-0.4, -0.2) is 62.4 Å². The molecule has 8 N–H and O–H groups in total. The molecule has 0 unspecified atom stereocenters. The van der Waals surface area contributed by atoms with Crippen LogP contribution in [0.4, 0.5) is 5.69 Å². The molecule has 10 nitrogen and oxygen atoms in total. The predicted octanol–water partition coefficient (Wildman–Crippen LogP) is -0.337. The van der Waals surface area contributed by atoms with Gasteiger partial charge in [-0.25, -0.2) is 4.52 Å². The summed E-state index contributed by atoms with van der Waals surface area (Å²) in [6.07, 6.45) is 0. The smallest absolute Gasteiger partial charge is 0.192 e. The molecular formula is C20H23N5O5. The number of hydrogen-bond donors (Lipinski definition) is 7. The molecule has 0 spiro atoms. The minimum Gasteiger partial charge on any atom is -0.506 e. The van der Waals surface area contributed by atoms with E-state index in [1.807, 2.05) is 6.07 Å². The first-order valence-corrected chi connectivity index (χ1v) is 9.55. The van der Waals surface area contributed by atoms with E-state index in [0.717, 1.165) is 0 Å². The van der Waals surface area contributed by atoms with Crippen molar-refractivity contribution >= 4 is 32.9 Å². The van der Waals surface area contributed by atoms with Crippen molar-refractivity contribution < 1.29 is 20.4 Å². The van der Waals surface area contributed by atoms with Crippen molar-refractivity contribution in [3.8, 4) is 11.5 Å². The number of anilines is 1. The Morgan fingerprint density at radius 2 is 1.83 bits per heavy atom. The highest BCUT2D eigenvalue weighted by atomic mass is 16.3. The third-order valence-electron chi connectivity index (χ3n) is 5.18. The predicted molar refractivity (Wildman–Crippen MR) is 113 cm³/mol. The lowest BCUT2D eigenvalue weighted by Crippen LogP contribution is -2.35. The minimum absolute atomic E-state index is 0.0306. The van der Waals surface area contributed by atoms with Gasteiger partial charge in [0.25, 0.3) is 0 Å². The van der Waals surface area contributed by atoms with Crippen LogP contribution in [0.1, 0.15) is 5.69 Å². The summed E-state index contributed by atoms with van der Waals surface area (Å²) in [7, 11) is 0. The quantitative estimate of drug-likeness (QED) is 0.191. The standard InChI is InChI=1S/C20H23N5O5/c21-5-6-22-12-2-1-11-13(7-23-10(8-26)9-27)24-25-18(11)16(12)20(30)17-14(28)3-4-15(29)19(17)25/h1-4,10,22-23,26-27,29-30H,5-9,21H2. The maximum Gasteiger partial charge on any atom is 0.192 e. The van der Waals surface area contributed by atoms with Gasteiger partial charge in [-0.15, -0.1) is 0 Å². The first-order chi connectivity index (χ1) is 14.5. The lowest BCUT2D eigenvalue weighted by atomic mass is 10.0. The molecule has 2 aromatic carbocycles. The second-order valence-electron chi connectivity index (χ2n) is 7.06.